The van der Waals surface area contributed by atoms with Gasteiger partial charge in [-0.25, -0.2) is 4.98 Å². The molecule has 2 aromatic rings. The number of carbonyl (C=O) groups is 1. The Kier molecular flexibility index (Phi) is 3.41. The fraction of sp³-hybridized carbons (Fsp3) is 0.333. The summed E-state index contributed by atoms with van der Waals surface area (Å²) in [5.74, 6) is 1.29. The third-order valence-electron chi connectivity index (χ3n) is 3.34. The second-order valence-corrected chi connectivity index (χ2v) is 5.19. The predicted octanol–water partition coefficient (Wildman–Crippen LogP) is 2.68. The summed E-state index contributed by atoms with van der Waals surface area (Å²) in [7, 11) is 0. The van der Waals surface area contributed by atoms with Crippen LogP contribution >= 0.6 is 0 Å². The highest BCUT2D eigenvalue weighted by Gasteiger charge is 2.29. The van der Waals surface area contributed by atoms with Gasteiger partial charge in [-0.3, -0.25) is 4.79 Å². The van der Waals surface area contributed by atoms with E-state index >= 15 is 0 Å². The highest BCUT2D eigenvalue weighted by Crippen LogP contribution is 2.30. The summed E-state index contributed by atoms with van der Waals surface area (Å²) in [6, 6.07) is 7.76. The first-order valence-electron chi connectivity index (χ1n) is 6.86. The monoisotopic (exact) mass is 270 g/mol. The molecule has 3 N–H and O–H groups in total. The van der Waals surface area contributed by atoms with E-state index in [0.29, 0.717) is 6.54 Å². The fourth-order valence-corrected chi connectivity index (χ4v) is 2.02. The van der Waals surface area contributed by atoms with Crippen molar-refractivity contribution in [3.8, 4) is 0 Å². The second-order valence-electron chi connectivity index (χ2n) is 5.19. The number of rotatable bonds is 5. The van der Waals surface area contributed by atoms with Crippen LogP contribution < -0.4 is 10.6 Å². The number of H-pyrrole nitrogens is 1. The van der Waals surface area contributed by atoms with Gasteiger partial charge in [0.05, 0.1) is 18.4 Å². The first-order valence-corrected chi connectivity index (χ1v) is 6.86. The van der Waals surface area contributed by atoms with Crippen LogP contribution in [0.4, 0.5) is 11.4 Å². The Hall–Kier alpha value is -2.30. The summed E-state index contributed by atoms with van der Waals surface area (Å²) in [4.78, 5) is 19.0. The van der Waals surface area contributed by atoms with E-state index in [1.54, 1.807) is 0 Å². The van der Waals surface area contributed by atoms with Crippen LogP contribution in [0, 0.1) is 12.8 Å². The van der Waals surface area contributed by atoms with E-state index < -0.39 is 0 Å². The van der Waals surface area contributed by atoms with Gasteiger partial charge in [0.15, 0.2) is 0 Å². The van der Waals surface area contributed by atoms with Crippen LogP contribution in [0.1, 0.15) is 24.4 Å². The fourth-order valence-electron chi connectivity index (χ4n) is 2.02. The number of carbonyl (C=O) groups excluding carboxylic acids is 1. The SMILES string of the molecule is Cc1ncc(CNc2ccc(NC(=O)C3CC3)cc2)[nH]1. The second kappa shape index (κ2) is 5.36. The molecule has 1 aliphatic rings. The zero-order valence-electron chi connectivity index (χ0n) is 11.4. The van der Waals surface area contributed by atoms with Gasteiger partial charge in [0.25, 0.3) is 0 Å². The number of aromatic nitrogens is 2. The molecule has 104 valence electrons. The molecule has 1 fully saturated rings. The third-order valence-corrected chi connectivity index (χ3v) is 3.34. The van der Waals surface area contributed by atoms with Crippen LogP contribution in [0.15, 0.2) is 30.5 Å². The molecule has 1 aliphatic carbocycles. The van der Waals surface area contributed by atoms with Gasteiger partial charge in [-0.15, -0.1) is 0 Å². The summed E-state index contributed by atoms with van der Waals surface area (Å²) >= 11 is 0. The molecule has 0 atom stereocenters. The average Bonchev–Trinajstić information content (AvgIpc) is 3.22. The first-order chi connectivity index (χ1) is 9.70. The normalized spacial score (nSPS) is 14.1. The van der Waals surface area contributed by atoms with Crippen molar-refractivity contribution in [2.24, 2.45) is 5.92 Å². The number of hydrogen-bond donors (Lipinski definition) is 3. The zero-order chi connectivity index (χ0) is 13.9. The van der Waals surface area contributed by atoms with Crippen molar-refractivity contribution in [2.45, 2.75) is 26.3 Å². The van der Waals surface area contributed by atoms with Crippen molar-refractivity contribution in [3.05, 3.63) is 42.0 Å². The molecule has 0 spiro atoms. The van der Waals surface area contributed by atoms with Gasteiger partial charge in [0.1, 0.15) is 5.82 Å². The van der Waals surface area contributed by atoms with Crippen LogP contribution in [-0.2, 0) is 11.3 Å². The largest absolute Gasteiger partial charge is 0.379 e. The molecular weight excluding hydrogens is 252 g/mol. The molecular formula is C15H18N4O. The molecule has 1 saturated carbocycles. The molecule has 20 heavy (non-hydrogen) atoms. The maximum atomic E-state index is 11.6. The molecule has 5 nitrogen and oxygen atoms in total. The molecule has 0 saturated heterocycles. The minimum absolute atomic E-state index is 0.138. The van der Waals surface area contributed by atoms with E-state index in [4.69, 9.17) is 0 Å². The van der Waals surface area contributed by atoms with Gasteiger partial charge in [-0.2, -0.15) is 0 Å². The molecule has 0 unspecified atom stereocenters. The van der Waals surface area contributed by atoms with E-state index in [2.05, 4.69) is 20.6 Å². The predicted molar refractivity (Wildman–Crippen MR) is 78.4 cm³/mol. The van der Waals surface area contributed by atoms with Gasteiger partial charge in [0, 0.05) is 17.3 Å². The molecule has 3 rings (SSSR count). The average molecular weight is 270 g/mol. The topological polar surface area (TPSA) is 69.8 Å². The number of amides is 1. The zero-order valence-corrected chi connectivity index (χ0v) is 11.4. The van der Waals surface area contributed by atoms with E-state index in [0.717, 1.165) is 35.7 Å². The van der Waals surface area contributed by atoms with E-state index in [9.17, 15) is 4.79 Å². The molecule has 1 aromatic carbocycles. The van der Waals surface area contributed by atoms with Gasteiger partial charge in [-0.1, -0.05) is 0 Å². The number of nitrogens with zero attached hydrogens (tertiary/aromatic N) is 1. The summed E-state index contributed by atoms with van der Waals surface area (Å²) in [6.07, 6.45) is 3.87. The number of aryl methyl sites for hydroxylation is 1. The molecule has 0 bridgehead atoms. The van der Waals surface area contributed by atoms with Gasteiger partial charge < -0.3 is 15.6 Å². The first kappa shape index (κ1) is 12.7. The van der Waals surface area contributed by atoms with E-state index in [1.165, 1.54) is 0 Å². The number of imidazole rings is 1. The molecule has 5 heteroatoms. The molecule has 0 aliphatic heterocycles. The van der Waals surface area contributed by atoms with Crippen LogP contribution in [0.5, 0.6) is 0 Å². The maximum Gasteiger partial charge on any atom is 0.227 e. The smallest absolute Gasteiger partial charge is 0.227 e. The van der Waals surface area contributed by atoms with Crippen molar-refractivity contribution in [3.63, 3.8) is 0 Å². The number of benzene rings is 1. The standard InChI is InChI=1S/C15H18N4O/c1-10-16-8-14(18-10)9-17-12-4-6-13(7-5-12)19-15(20)11-2-3-11/h4-8,11,17H,2-3,9H2,1H3,(H,16,18)(H,19,20). The third kappa shape index (κ3) is 3.17. The Morgan fingerprint density at radius 2 is 2.00 bits per heavy atom. The number of hydrogen-bond acceptors (Lipinski definition) is 3. The summed E-state index contributed by atoms with van der Waals surface area (Å²) in [6.45, 7) is 2.63. The van der Waals surface area contributed by atoms with Crippen LogP contribution in [0.2, 0.25) is 0 Å². The minimum Gasteiger partial charge on any atom is -0.379 e. The highest BCUT2D eigenvalue weighted by atomic mass is 16.2. The van der Waals surface area contributed by atoms with Crippen LogP contribution in [0.3, 0.4) is 0 Å². The summed E-state index contributed by atoms with van der Waals surface area (Å²) in [5.41, 5.74) is 2.92. The van der Waals surface area contributed by atoms with Gasteiger partial charge in [-0.05, 0) is 44.0 Å². The van der Waals surface area contributed by atoms with Crippen molar-refractivity contribution in [2.75, 3.05) is 10.6 Å². The number of aromatic amines is 1. The Bertz CT molecular complexity index is 599. The van der Waals surface area contributed by atoms with Crippen LogP contribution in [-0.4, -0.2) is 15.9 Å². The molecule has 1 amide bonds. The van der Waals surface area contributed by atoms with E-state index in [1.807, 2.05) is 37.4 Å². The Balaban J connectivity index is 1.54. The number of anilines is 2. The van der Waals surface area contributed by atoms with Crippen LogP contribution in [0.25, 0.3) is 0 Å². The molecule has 1 heterocycles. The Labute approximate surface area is 117 Å². The van der Waals surface area contributed by atoms with E-state index in [-0.39, 0.29) is 11.8 Å². The Morgan fingerprint density at radius 3 is 2.60 bits per heavy atom. The molecule has 0 radical (unpaired) electrons. The van der Waals surface area contributed by atoms with Crippen molar-refractivity contribution in [1.82, 2.24) is 9.97 Å². The highest BCUT2D eigenvalue weighted by molar-refractivity contribution is 5.94. The van der Waals surface area contributed by atoms with Crippen molar-refractivity contribution < 1.29 is 4.79 Å². The Morgan fingerprint density at radius 1 is 1.30 bits per heavy atom. The summed E-state index contributed by atoms with van der Waals surface area (Å²) in [5, 5.41) is 6.23. The summed E-state index contributed by atoms with van der Waals surface area (Å²) < 4.78 is 0. The minimum atomic E-state index is 0.138. The lowest BCUT2D eigenvalue weighted by atomic mass is 10.2. The lowest BCUT2D eigenvalue weighted by Gasteiger charge is -2.07. The lowest BCUT2D eigenvalue weighted by Crippen LogP contribution is -2.13. The maximum absolute atomic E-state index is 11.6. The number of nitrogens with one attached hydrogen (secondary N) is 3. The van der Waals surface area contributed by atoms with Crippen molar-refractivity contribution in [1.29, 1.82) is 0 Å². The quantitative estimate of drug-likeness (QED) is 0.782. The molecule has 1 aromatic heterocycles. The lowest BCUT2D eigenvalue weighted by molar-refractivity contribution is -0.117. The van der Waals surface area contributed by atoms with Gasteiger partial charge >= 0.3 is 0 Å². The van der Waals surface area contributed by atoms with Crippen molar-refractivity contribution >= 4 is 17.3 Å². The van der Waals surface area contributed by atoms with Gasteiger partial charge in [0.2, 0.25) is 5.91 Å².